The normalized spacial score (nSPS) is 12.5. The molecule has 0 bridgehead atoms. The summed E-state index contributed by atoms with van der Waals surface area (Å²) in [6.45, 7) is 7.59. The SMILES string of the molecule is C=C/C(N)=C(/C)c1nn(C)cc1C. The van der Waals surface area contributed by atoms with Crippen molar-refractivity contribution in [1.29, 1.82) is 0 Å². The highest BCUT2D eigenvalue weighted by Gasteiger charge is 2.06. The molecule has 0 amide bonds. The molecular weight excluding hydrogens is 162 g/mol. The Hall–Kier alpha value is -1.51. The molecule has 1 heterocycles. The number of rotatable bonds is 2. The molecule has 0 saturated heterocycles. The Morgan fingerprint density at radius 3 is 2.69 bits per heavy atom. The van der Waals surface area contributed by atoms with Gasteiger partial charge in [-0.15, -0.1) is 0 Å². The van der Waals surface area contributed by atoms with Gasteiger partial charge >= 0.3 is 0 Å². The molecule has 0 spiro atoms. The summed E-state index contributed by atoms with van der Waals surface area (Å²) in [5.74, 6) is 0. The minimum Gasteiger partial charge on any atom is -0.398 e. The van der Waals surface area contributed by atoms with Gasteiger partial charge in [-0.1, -0.05) is 6.58 Å². The number of hydrogen-bond donors (Lipinski definition) is 1. The quantitative estimate of drug-likeness (QED) is 0.697. The van der Waals surface area contributed by atoms with Gasteiger partial charge in [0.15, 0.2) is 0 Å². The number of hydrogen-bond acceptors (Lipinski definition) is 2. The second kappa shape index (κ2) is 3.47. The lowest BCUT2D eigenvalue weighted by atomic mass is 10.1. The van der Waals surface area contributed by atoms with E-state index in [1.807, 2.05) is 27.1 Å². The first-order chi connectivity index (χ1) is 6.06. The highest BCUT2D eigenvalue weighted by Crippen LogP contribution is 2.17. The molecule has 1 aromatic heterocycles. The van der Waals surface area contributed by atoms with Crippen molar-refractivity contribution in [2.75, 3.05) is 0 Å². The fourth-order valence-corrected chi connectivity index (χ4v) is 1.27. The van der Waals surface area contributed by atoms with Crippen LogP contribution in [-0.4, -0.2) is 9.78 Å². The van der Waals surface area contributed by atoms with Gasteiger partial charge in [0.05, 0.1) is 5.69 Å². The number of nitrogens with two attached hydrogens (primary N) is 1. The zero-order valence-corrected chi connectivity index (χ0v) is 8.33. The maximum absolute atomic E-state index is 5.74. The zero-order chi connectivity index (χ0) is 10.0. The summed E-state index contributed by atoms with van der Waals surface area (Å²) in [6.07, 6.45) is 3.61. The van der Waals surface area contributed by atoms with Crippen LogP contribution in [0.4, 0.5) is 0 Å². The number of aryl methyl sites for hydroxylation is 2. The lowest BCUT2D eigenvalue weighted by molar-refractivity contribution is 0.762. The largest absolute Gasteiger partial charge is 0.398 e. The van der Waals surface area contributed by atoms with Gasteiger partial charge in [0.1, 0.15) is 0 Å². The summed E-state index contributed by atoms with van der Waals surface area (Å²) in [5, 5.41) is 4.31. The van der Waals surface area contributed by atoms with Crippen molar-refractivity contribution >= 4 is 5.57 Å². The Morgan fingerprint density at radius 1 is 1.69 bits per heavy atom. The monoisotopic (exact) mass is 177 g/mol. The Labute approximate surface area is 78.6 Å². The van der Waals surface area contributed by atoms with Crippen LogP contribution < -0.4 is 5.73 Å². The van der Waals surface area contributed by atoms with Gasteiger partial charge in [0, 0.05) is 18.9 Å². The van der Waals surface area contributed by atoms with Crippen molar-refractivity contribution in [3.8, 4) is 0 Å². The first-order valence-electron chi connectivity index (χ1n) is 4.15. The van der Waals surface area contributed by atoms with Crippen LogP contribution in [0.15, 0.2) is 24.5 Å². The predicted octanol–water partition coefficient (Wildman–Crippen LogP) is 1.60. The van der Waals surface area contributed by atoms with Crippen LogP contribution in [0.5, 0.6) is 0 Å². The van der Waals surface area contributed by atoms with Crippen molar-refractivity contribution in [3.05, 3.63) is 35.8 Å². The Bertz CT molecular complexity index is 358. The molecule has 3 heteroatoms. The molecule has 0 fully saturated rings. The van der Waals surface area contributed by atoms with Gasteiger partial charge in [-0.25, -0.2) is 0 Å². The van der Waals surface area contributed by atoms with Gasteiger partial charge in [0.2, 0.25) is 0 Å². The summed E-state index contributed by atoms with van der Waals surface area (Å²) < 4.78 is 1.78. The van der Waals surface area contributed by atoms with Gasteiger partial charge in [-0.05, 0) is 31.1 Å². The molecule has 0 saturated carbocycles. The first-order valence-corrected chi connectivity index (χ1v) is 4.15. The van der Waals surface area contributed by atoms with E-state index in [1.165, 1.54) is 0 Å². The summed E-state index contributed by atoms with van der Waals surface area (Å²) in [7, 11) is 1.90. The van der Waals surface area contributed by atoms with Crippen molar-refractivity contribution in [2.45, 2.75) is 13.8 Å². The summed E-state index contributed by atoms with van der Waals surface area (Å²) >= 11 is 0. The maximum atomic E-state index is 5.74. The van der Waals surface area contributed by atoms with E-state index < -0.39 is 0 Å². The van der Waals surface area contributed by atoms with E-state index in [9.17, 15) is 0 Å². The van der Waals surface area contributed by atoms with Gasteiger partial charge in [-0.3, -0.25) is 4.68 Å². The van der Waals surface area contributed by atoms with Crippen molar-refractivity contribution in [2.24, 2.45) is 12.8 Å². The lowest BCUT2D eigenvalue weighted by Gasteiger charge is -2.00. The van der Waals surface area contributed by atoms with E-state index in [0.717, 1.165) is 16.8 Å². The van der Waals surface area contributed by atoms with Gasteiger partial charge in [0.25, 0.3) is 0 Å². The molecular formula is C10H15N3. The fourth-order valence-electron chi connectivity index (χ4n) is 1.27. The average molecular weight is 177 g/mol. The minimum atomic E-state index is 0.682. The van der Waals surface area contributed by atoms with Crippen molar-refractivity contribution in [1.82, 2.24) is 9.78 Å². The van der Waals surface area contributed by atoms with Crippen LogP contribution in [0.1, 0.15) is 18.2 Å². The highest BCUT2D eigenvalue weighted by atomic mass is 15.2. The van der Waals surface area contributed by atoms with E-state index in [1.54, 1.807) is 10.8 Å². The zero-order valence-electron chi connectivity index (χ0n) is 8.33. The van der Waals surface area contributed by atoms with Crippen molar-refractivity contribution in [3.63, 3.8) is 0 Å². The molecule has 1 aromatic rings. The molecule has 70 valence electrons. The topological polar surface area (TPSA) is 43.8 Å². The molecule has 0 aliphatic rings. The van der Waals surface area contributed by atoms with Gasteiger partial charge in [-0.2, -0.15) is 5.10 Å². The standard InChI is InChI=1S/C10H15N3/c1-5-9(11)8(3)10-7(2)6-13(4)12-10/h5-6H,1,11H2,2-4H3/b9-8+. The van der Waals surface area contributed by atoms with Crippen LogP contribution >= 0.6 is 0 Å². The maximum Gasteiger partial charge on any atom is 0.0929 e. The molecule has 3 nitrogen and oxygen atoms in total. The molecule has 0 aliphatic heterocycles. The average Bonchev–Trinajstić information content (AvgIpc) is 2.42. The first kappa shape index (κ1) is 9.58. The van der Waals surface area contributed by atoms with Crippen LogP contribution in [0.25, 0.3) is 5.57 Å². The third-order valence-corrected chi connectivity index (χ3v) is 2.02. The molecule has 0 aromatic carbocycles. The van der Waals surface area contributed by atoms with E-state index in [4.69, 9.17) is 5.73 Å². The second-order valence-corrected chi connectivity index (χ2v) is 3.12. The number of aromatic nitrogens is 2. The Morgan fingerprint density at radius 2 is 2.31 bits per heavy atom. The summed E-state index contributed by atoms with van der Waals surface area (Å²) in [5.41, 5.74) is 9.47. The summed E-state index contributed by atoms with van der Waals surface area (Å²) in [6, 6.07) is 0. The van der Waals surface area contributed by atoms with Gasteiger partial charge < -0.3 is 5.73 Å². The summed E-state index contributed by atoms with van der Waals surface area (Å²) in [4.78, 5) is 0. The lowest BCUT2D eigenvalue weighted by Crippen LogP contribution is -1.98. The van der Waals surface area contributed by atoms with E-state index in [-0.39, 0.29) is 0 Å². The molecule has 13 heavy (non-hydrogen) atoms. The minimum absolute atomic E-state index is 0.682. The predicted molar refractivity (Wildman–Crippen MR) is 54.9 cm³/mol. The Kier molecular flexibility index (Phi) is 2.56. The van der Waals surface area contributed by atoms with Crippen LogP contribution in [0.3, 0.4) is 0 Å². The molecule has 0 atom stereocenters. The van der Waals surface area contributed by atoms with Crippen LogP contribution in [-0.2, 0) is 7.05 Å². The van der Waals surface area contributed by atoms with E-state index >= 15 is 0 Å². The third kappa shape index (κ3) is 1.80. The molecule has 1 rings (SSSR count). The third-order valence-electron chi connectivity index (χ3n) is 2.02. The molecule has 0 radical (unpaired) electrons. The van der Waals surface area contributed by atoms with E-state index in [0.29, 0.717) is 5.70 Å². The van der Waals surface area contributed by atoms with Crippen molar-refractivity contribution < 1.29 is 0 Å². The van der Waals surface area contributed by atoms with Crippen LogP contribution in [0, 0.1) is 6.92 Å². The second-order valence-electron chi connectivity index (χ2n) is 3.12. The molecule has 0 aliphatic carbocycles. The fraction of sp³-hybridized carbons (Fsp3) is 0.300. The van der Waals surface area contributed by atoms with E-state index in [2.05, 4.69) is 11.7 Å². The molecule has 0 unspecified atom stereocenters. The number of nitrogens with zero attached hydrogens (tertiary/aromatic N) is 2. The van der Waals surface area contributed by atoms with Crippen LogP contribution in [0.2, 0.25) is 0 Å². The highest BCUT2D eigenvalue weighted by molar-refractivity contribution is 5.67. The smallest absolute Gasteiger partial charge is 0.0929 e. The Balaban J connectivity index is 3.22. The molecule has 2 N–H and O–H groups in total. The number of allylic oxidation sites excluding steroid dienone is 2.